The van der Waals surface area contributed by atoms with Crippen LogP contribution in [0.4, 0.5) is 0 Å². The monoisotopic (exact) mass is 647 g/mol. The molecule has 1 amide bonds. The van der Waals surface area contributed by atoms with Crippen LogP contribution < -0.4 is 10.5 Å². The van der Waals surface area contributed by atoms with Crippen molar-refractivity contribution >= 4 is 28.0 Å². The maximum Gasteiger partial charge on any atom is 0.254 e. The Morgan fingerprint density at radius 2 is 1.92 bits per heavy atom. The Hall–Kier alpha value is -5.46. The van der Waals surface area contributed by atoms with Crippen LogP contribution in [0.25, 0.3) is 44.7 Å². The largest absolute Gasteiger partial charge is 0.494 e. The van der Waals surface area contributed by atoms with E-state index in [1.165, 1.54) is 5.56 Å². The van der Waals surface area contributed by atoms with Gasteiger partial charge in [-0.25, -0.2) is 9.97 Å². The van der Waals surface area contributed by atoms with Crippen LogP contribution in [0.15, 0.2) is 79.0 Å². The topological polar surface area (TPSA) is 115 Å². The first-order valence-electron chi connectivity index (χ1n) is 17.2. The molecule has 1 saturated carbocycles. The number of amides is 1. The van der Waals surface area contributed by atoms with Crippen LogP contribution in [-0.2, 0) is 19.5 Å². The molecule has 9 nitrogen and oxygen atoms in total. The molecule has 3 aromatic heterocycles. The number of carbonyl (C=O) groups is 1. The van der Waals surface area contributed by atoms with Crippen LogP contribution in [0.2, 0.25) is 0 Å². The summed E-state index contributed by atoms with van der Waals surface area (Å²) in [7, 11) is 1.64. The fourth-order valence-corrected chi connectivity index (χ4v) is 8.60. The number of hydrogen-bond donors (Lipinski definition) is 1. The number of nitriles is 1. The molecule has 2 fully saturated rings. The third-order valence-electron chi connectivity index (χ3n) is 10.9. The van der Waals surface area contributed by atoms with Crippen molar-refractivity contribution in [2.24, 2.45) is 11.7 Å². The van der Waals surface area contributed by atoms with Crippen LogP contribution in [0.1, 0.15) is 52.7 Å². The van der Waals surface area contributed by atoms with Crippen LogP contribution >= 0.6 is 0 Å². The van der Waals surface area contributed by atoms with Crippen LogP contribution in [0.5, 0.6) is 5.75 Å². The second-order valence-corrected chi connectivity index (χ2v) is 13.7. The number of likely N-dealkylation sites (tertiary alicyclic amines) is 1. The Bertz CT molecular complexity index is 2330. The zero-order valence-electron chi connectivity index (χ0n) is 27.5. The van der Waals surface area contributed by atoms with Gasteiger partial charge >= 0.3 is 0 Å². The van der Waals surface area contributed by atoms with Crippen molar-refractivity contribution in [2.45, 2.75) is 57.3 Å². The highest BCUT2D eigenvalue weighted by atomic mass is 16.5. The first kappa shape index (κ1) is 29.7. The van der Waals surface area contributed by atoms with E-state index in [4.69, 9.17) is 20.4 Å². The Morgan fingerprint density at radius 3 is 2.73 bits per heavy atom. The summed E-state index contributed by atoms with van der Waals surface area (Å²) in [5.41, 5.74) is 15.4. The van der Waals surface area contributed by atoms with Gasteiger partial charge in [0.15, 0.2) is 5.82 Å². The maximum atomic E-state index is 14.0. The fourth-order valence-electron chi connectivity index (χ4n) is 8.60. The van der Waals surface area contributed by atoms with Gasteiger partial charge < -0.3 is 24.5 Å². The number of benzene rings is 3. The lowest BCUT2D eigenvalue weighted by molar-refractivity contribution is 0.0700. The molecule has 49 heavy (non-hydrogen) atoms. The summed E-state index contributed by atoms with van der Waals surface area (Å²) in [6.07, 6.45) is 6.74. The highest BCUT2D eigenvalue weighted by molar-refractivity contribution is 6.00. The molecule has 5 heterocycles. The normalized spacial score (nSPS) is 20.0. The molecule has 3 unspecified atom stereocenters. The lowest BCUT2D eigenvalue weighted by Crippen LogP contribution is -2.41. The van der Waals surface area contributed by atoms with E-state index in [0.717, 1.165) is 83.4 Å². The standard InChI is InChI=1S/C40H37N7O2/c1-49-35-20-30(40(48)46-23-28-11-12-33(46)36(28)42)18-32-37(35)47-22-25-15-24(21-41)16-29(17-25)31-10-3-2-7-26(31)8-4-5-14-45-34(39(47)44-32)19-27-9-6-13-43-38(27)45/h2-3,6-7,9-10,13,15-20,28,33,36H,4-5,8,11-12,14,22-23,42H2,1H3. The third-order valence-corrected chi connectivity index (χ3v) is 10.9. The summed E-state index contributed by atoms with van der Waals surface area (Å²) in [6, 6.07) is 27.1. The Labute approximate surface area is 284 Å². The minimum Gasteiger partial charge on any atom is -0.494 e. The van der Waals surface area contributed by atoms with E-state index < -0.39 is 0 Å². The van der Waals surface area contributed by atoms with E-state index in [-0.39, 0.29) is 18.0 Å². The van der Waals surface area contributed by atoms with E-state index in [1.807, 2.05) is 41.4 Å². The van der Waals surface area contributed by atoms with E-state index in [9.17, 15) is 10.1 Å². The van der Waals surface area contributed by atoms with Crippen molar-refractivity contribution in [3.63, 3.8) is 0 Å². The molecule has 3 atom stereocenters. The average Bonchev–Trinajstić information content (AvgIpc) is 3.88. The number of pyridine rings is 1. The molecule has 1 aliphatic carbocycles. The smallest absolute Gasteiger partial charge is 0.254 e. The van der Waals surface area contributed by atoms with Gasteiger partial charge in [-0.05, 0) is 109 Å². The number of methoxy groups -OCH3 is 1. The van der Waals surface area contributed by atoms with Gasteiger partial charge in [0.1, 0.15) is 16.9 Å². The summed E-state index contributed by atoms with van der Waals surface area (Å²) in [6.45, 7) is 1.92. The Balaban J connectivity index is 1.27. The first-order valence-corrected chi connectivity index (χ1v) is 17.2. The SMILES string of the molecule is COc1cc(C(=O)N2CC3CCC2C3N)cc2nc3n(c12)Cc1cc(C#N)cc(c1)-c1ccccc1CCCCn1c-3cc2cccnc21. The van der Waals surface area contributed by atoms with Crippen molar-refractivity contribution in [3.8, 4) is 34.5 Å². The van der Waals surface area contributed by atoms with Gasteiger partial charge in [0.2, 0.25) is 0 Å². The summed E-state index contributed by atoms with van der Waals surface area (Å²) < 4.78 is 10.5. The lowest BCUT2D eigenvalue weighted by atomic mass is 9.93. The number of aryl methyl sites for hydroxylation is 2. The number of imidazole rings is 1. The van der Waals surface area contributed by atoms with Crippen LogP contribution in [0.3, 0.4) is 0 Å². The zero-order valence-corrected chi connectivity index (χ0v) is 27.5. The molecule has 1 saturated heterocycles. The van der Waals surface area contributed by atoms with Crippen LogP contribution in [-0.4, -0.2) is 55.6 Å². The van der Waals surface area contributed by atoms with Gasteiger partial charge in [0.25, 0.3) is 5.91 Å². The molecule has 4 bridgehead atoms. The fraction of sp³-hybridized carbons (Fsp3) is 0.300. The number of hydrogen-bond acceptors (Lipinski definition) is 6. The Kier molecular flexibility index (Phi) is 7.02. The van der Waals surface area contributed by atoms with E-state index >= 15 is 0 Å². The predicted octanol–water partition coefficient (Wildman–Crippen LogP) is 6.55. The van der Waals surface area contributed by atoms with Crippen molar-refractivity contribution in [2.75, 3.05) is 13.7 Å². The molecular formula is C40H37N7O2. The molecule has 9 heteroatoms. The van der Waals surface area contributed by atoms with E-state index in [0.29, 0.717) is 41.4 Å². The van der Waals surface area contributed by atoms with E-state index in [1.54, 1.807) is 7.11 Å². The summed E-state index contributed by atoms with van der Waals surface area (Å²) >= 11 is 0. The molecule has 0 radical (unpaired) electrons. The number of aromatic nitrogens is 4. The zero-order chi connectivity index (χ0) is 33.2. The van der Waals surface area contributed by atoms with Crippen molar-refractivity contribution in [1.29, 1.82) is 5.26 Å². The highest BCUT2D eigenvalue weighted by Gasteiger charge is 2.47. The summed E-state index contributed by atoms with van der Waals surface area (Å²) in [4.78, 5) is 26.1. The molecule has 0 spiro atoms. The molecule has 6 aromatic rings. The van der Waals surface area contributed by atoms with Crippen molar-refractivity contribution in [1.82, 2.24) is 24.0 Å². The van der Waals surface area contributed by atoms with Gasteiger partial charge in [-0.15, -0.1) is 0 Å². The minimum atomic E-state index is -0.0271. The number of nitrogens with zero attached hydrogens (tertiary/aromatic N) is 6. The molecule has 3 aliphatic rings. The molecular weight excluding hydrogens is 610 g/mol. The quantitative estimate of drug-likeness (QED) is 0.228. The number of carbonyl (C=O) groups excluding carboxylic acids is 1. The minimum absolute atomic E-state index is 0.0271. The second-order valence-electron chi connectivity index (χ2n) is 13.7. The van der Waals surface area contributed by atoms with Gasteiger partial charge in [0, 0.05) is 48.9 Å². The van der Waals surface area contributed by atoms with Crippen molar-refractivity contribution < 1.29 is 9.53 Å². The number of nitrogens with two attached hydrogens (primary N) is 1. The molecule has 3 aromatic carbocycles. The maximum absolute atomic E-state index is 14.0. The number of ether oxygens (including phenoxy) is 1. The second kappa shape index (κ2) is 11.6. The molecule has 9 rings (SSSR count). The lowest BCUT2D eigenvalue weighted by Gasteiger charge is -2.27. The van der Waals surface area contributed by atoms with Gasteiger partial charge in [-0.3, -0.25) is 4.79 Å². The predicted molar refractivity (Wildman–Crippen MR) is 189 cm³/mol. The summed E-state index contributed by atoms with van der Waals surface area (Å²) in [5, 5.41) is 11.2. The van der Waals surface area contributed by atoms with Crippen molar-refractivity contribution in [3.05, 3.63) is 101 Å². The number of fused-ring (bicyclic) bond motifs is 13. The van der Waals surface area contributed by atoms with Gasteiger partial charge in [0.05, 0.1) is 30.0 Å². The highest BCUT2D eigenvalue weighted by Crippen LogP contribution is 2.40. The van der Waals surface area contributed by atoms with Crippen LogP contribution in [0, 0.1) is 17.2 Å². The van der Waals surface area contributed by atoms with Gasteiger partial charge in [-0.2, -0.15) is 5.26 Å². The first-order chi connectivity index (χ1) is 24.0. The average molecular weight is 648 g/mol. The molecule has 244 valence electrons. The molecule has 2 aliphatic heterocycles. The van der Waals surface area contributed by atoms with Gasteiger partial charge in [-0.1, -0.05) is 24.3 Å². The molecule has 2 N–H and O–H groups in total. The summed E-state index contributed by atoms with van der Waals surface area (Å²) in [5.74, 6) is 1.68. The number of piperidine rings is 1. The third kappa shape index (κ3) is 4.81. The number of rotatable bonds is 2. The Morgan fingerprint density at radius 1 is 1.02 bits per heavy atom. The van der Waals surface area contributed by atoms with E-state index in [2.05, 4.69) is 57.7 Å².